The Balaban J connectivity index is 0.000000261. The van der Waals surface area contributed by atoms with Crippen LogP contribution < -0.4 is 0 Å². The molecule has 1 atom stereocenters. The molecule has 2 aromatic heterocycles. The zero-order valence-corrected chi connectivity index (χ0v) is 23.5. The van der Waals surface area contributed by atoms with E-state index in [0.29, 0.717) is 33.4 Å². The number of aromatic nitrogens is 2. The van der Waals surface area contributed by atoms with E-state index in [1.54, 1.807) is 24.3 Å². The average Bonchev–Trinajstić information content (AvgIpc) is 3.68. The smallest absolute Gasteiger partial charge is 0.258 e. The SMILES string of the molecule is C[C@@H]1CCCN1CCc1cc2cc(-c3noc(-c4ccc(Cl)cc4)n3)ccc2o1.O=C(Cl)c1ccc(Cl)cc1. The van der Waals surface area contributed by atoms with E-state index in [4.69, 9.17) is 43.7 Å². The Morgan fingerprint density at radius 3 is 2.33 bits per heavy atom. The molecule has 6 rings (SSSR count). The maximum absolute atomic E-state index is 10.5. The Kier molecular flexibility index (Phi) is 8.68. The fraction of sp³-hybridized carbons (Fsp3) is 0.233. The number of carbonyl (C=O) groups is 1. The van der Waals surface area contributed by atoms with E-state index < -0.39 is 5.24 Å². The molecule has 6 nitrogen and oxygen atoms in total. The summed E-state index contributed by atoms with van der Waals surface area (Å²) in [6.45, 7) is 4.55. The number of halogens is 3. The van der Waals surface area contributed by atoms with Gasteiger partial charge in [0, 0.05) is 51.1 Å². The molecule has 200 valence electrons. The third kappa shape index (κ3) is 6.89. The number of hydrogen-bond donors (Lipinski definition) is 0. The molecule has 0 N–H and O–H groups in total. The minimum Gasteiger partial charge on any atom is -0.461 e. The number of furan rings is 1. The molecule has 0 amide bonds. The predicted octanol–water partition coefficient (Wildman–Crippen LogP) is 8.55. The van der Waals surface area contributed by atoms with Gasteiger partial charge in [-0.05, 0) is 111 Å². The summed E-state index contributed by atoms with van der Waals surface area (Å²) in [6, 6.07) is 22.6. The van der Waals surface area contributed by atoms with Crippen LogP contribution in [0.4, 0.5) is 0 Å². The lowest BCUT2D eigenvalue weighted by Gasteiger charge is -2.19. The van der Waals surface area contributed by atoms with E-state index in [1.165, 1.54) is 19.4 Å². The summed E-state index contributed by atoms with van der Waals surface area (Å²) < 4.78 is 11.5. The molecule has 0 unspecified atom stereocenters. The summed E-state index contributed by atoms with van der Waals surface area (Å²) in [5.41, 5.74) is 3.10. The number of fused-ring (bicyclic) bond motifs is 1. The van der Waals surface area contributed by atoms with Crippen molar-refractivity contribution in [3.8, 4) is 22.8 Å². The number of hydrogen-bond acceptors (Lipinski definition) is 6. The zero-order chi connectivity index (χ0) is 27.4. The highest BCUT2D eigenvalue weighted by atomic mass is 35.5. The Morgan fingerprint density at radius 1 is 0.974 bits per heavy atom. The highest BCUT2D eigenvalue weighted by Gasteiger charge is 2.20. The molecule has 3 aromatic carbocycles. The maximum atomic E-state index is 10.5. The van der Waals surface area contributed by atoms with Crippen LogP contribution in [-0.2, 0) is 6.42 Å². The van der Waals surface area contributed by atoms with E-state index in [9.17, 15) is 4.79 Å². The van der Waals surface area contributed by atoms with Crippen LogP contribution in [0.3, 0.4) is 0 Å². The Hall–Kier alpha value is -3.16. The van der Waals surface area contributed by atoms with Gasteiger partial charge in [-0.1, -0.05) is 28.4 Å². The number of benzene rings is 3. The first-order chi connectivity index (χ1) is 18.9. The van der Waals surface area contributed by atoms with Gasteiger partial charge in [-0.15, -0.1) is 0 Å². The van der Waals surface area contributed by atoms with Gasteiger partial charge < -0.3 is 13.8 Å². The number of carbonyl (C=O) groups excluding carboxylic acids is 1. The summed E-state index contributed by atoms with van der Waals surface area (Å²) in [5, 5.41) is 6.01. The lowest BCUT2D eigenvalue weighted by Crippen LogP contribution is -2.28. The van der Waals surface area contributed by atoms with Crippen molar-refractivity contribution >= 4 is 51.0 Å². The van der Waals surface area contributed by atoms with Gasteiger partial charge in [0.15, 0.2) is 0 Å². The van der Waals surface area contributed by atoms with Crippen molar-refractivity contribution in [1.29, 1.82) is 0 Å². The van der Waals surface area contributed by atoms with Crippen LogP contribution in [0.2, 0.25) is 10.0 Å². The molecule has 0 aliphatic carbocycles. The van der Waals surface area contributed by atoms with Crippen LogP contribution in [0.25, 0.3) is 33.8 Å². The number of rotatable bonds is 6. The summed E-state index contributed by atoms with van der Waals surface area (Å²) in [7, 11) is 0. The molecule has 0 spiro atoms. The molecule has 1 fully saturated rings. The van der Waals surface area contributed by atoms with Crippen LogP contribution in [0.15, 0.2) is 81.7 Å². The first-order valence-corrected chi connectivity index (χ1v) is 13.8. The van der Waals surface area contributed by atoms with E-state index in [1.807, 2.05) is 36.4 Å². The molecule has 39 heavy (non-hydrogen) atoms. The molecule has 0 bridgehead atoms. The van der Waals surface area contributed by atoms with Crippen molar-refractivity contribution in [2.24, 2.45) is 0 Å². The zero-order valence-electron chi connectivity index (χ0n) is 21.2. The summed E-state index contributed by atoms with van der Waals surface area (Å²) >= 11 is 16.7. The van der Waals surface area contributed by atoms with Gasteiger partial charge in [-0.25, -0.2) is 0 Å². The molecule has 0 saturated carbocycles. The minimum absolute atomic E-state index is 0.461. The summed E-state index contributed by atoms with van der Waals surface area (Å²) in [6.07, 6.45) is 3.52. The second-order valence-electron chi connectivity index (χ2n) is 9.45. The van der Waals surface area contributed by atoms with Gasteiger partial charge >= 0.3 is 0 Å². The summed E-state index contributed by atoms with van der Waals surface area (Å²) in [5.74, 6) is 2.06. The van der Waals surface area contributed by atoms with Crippen LogP contribution in [-0.4, -0.2) is 39.4 Å². The summed E-state index contributed by atoms with van der Waals surface area (Å²) in [4.78, 5) is 17.5. The molecule has 0 radical (unpaired) electrons. The number of nitrogens with zero attached hydrogens (tertiary/aromatic N) is 3. The third-order valence-electron chi connectivity index (χ3n) is 6.75. The molecule has 9 heteroatoms. The van der Waals surface area contributed by atoms with Crippen molar-refractivity contribution in [2.45, 2.75) is 32.2 Å². The van der Waals surface area contributed by atoms with Crippen LogP contribution in [0.5, 0.6) is 0 Å². The van der Waals surface area contributed by atoms with Crippen molar-refractivity contribution < 1.29 is 13.7 Å². The molecule has 3 heterocycles. The topological polar surface area (TPSA) is 72.4 Å². The monoisotopic (exact) mass is 581 g/mol. The molecule has 1 aliphatic rings. The van der Waals surface area contributed by atoms with Gasteiger partial charge in [0.2, 0.25) is 5.82 Å². The fourth-order valence-electron chi connectivity index (χ4n) is 4.57. The second kappa shape index (κ2) is 12.3. The lowest BCUT2D eigenvalue weighted by molar-refractivity contribution is 0.108. The van der Waals surface area contributed by atoms with Gasteiger partial charge in [0.1, 0.15) is 11.3 Å². The Bertz CT molecular complexity index is 1560. The normalized spacial score (nSPS) is 15.3. The largest absolute Gasteiger partial charge is 0.461 e. The van der Waals surface area contributed by atoms with Crippen molar-refractivity contribution in [1.82, 2.24) is 15.0 Å². The second-order valence-corrected chi connectivity index (χ2v) is 10.7. The highest BCUT2D eigenvalue weighted by molar-refractivity contribution is 6.67. The van der Waals surface area contributed by atoms with Crippen molar-refractivity contribution in [2.75, 3.05) is 13.1 Å². The van der Waals surface area contributed by atoms with Gasteiger partial charge in [-0.2, -0.15) is 4.98 Å². The average molecular weight is 583 g/mol. The van der Waals surface area contributed by atoms with E-state index in [0.717, 1.165) is 40.8 Å². The fourth-order valence-corrected chi connectivity index (χ4v) is 4.95. The van der Waals surface area contributed by atoms with Gasteiger partial charge in [-0.3, -0.25) is 4.79 Å². The van der Waals surface area contributed by atoms with Crippen molar-refractivity contribution in [3.05, 3.63) is 94.2 Å². The third-order valence-corrected chi connectivity index (χ3v) is 7.47. The minimum atomic E-state index is -0.461. The molecular formula is C30H26Cl3N3O3. The Labute approximate surface area is 241 Å². The maximum Gasteiger partial charge on any atom is 0.258 e. The predicted molar refractivity (Wildman–Crippen MR) is 156 cm³/mol. The number of likely N-dealkylation sites (tertiary alicyclic amines) is 1. The van der Waals surface area contributed by atoms with Crippen LogP contribution in [0, 0.1) is 0 Å². The highest BCUT2D eigenvalue weighted by Crippen LogP contribution is 2.28. The quantitative estimate of drug-likeness (QED) is 0.187. The van der Waals surface area contributed by atoms with Crippen LogP contribution >= 0.6 is 34.8 Å². The first kappa shape index (κ1) is 27.4. The van der Waals surface area contributed by atoms with Crippen molar-refractivity contribution in [3.63, 3.8) is 0 Å². The van der Waals surface area contributed by atoms with Gasteiger partial charge in [0.25, 0.3) is 11.1 Å². The van der Waals surface area contributed by atoms with Gasteiger partial charge in [0.05, 0.1) is 0 Å². The molecular weight excluding hydrogens is 557 g/mol. The van der Waals surface area contributed by atoms with E-state index in [-0.39, 0.29) is 0 Å². The lowest BCUT2D eigenvalue weighted by atomic mass is 10.1. The molecule has 5 aromatic rings. The standard InChI is InChI=1S/C23H22ClN3O2.C7H4Cl2O/c1-15-3-2-11-27(15)12-10-20-14-18-13-17(6-9-21(18)28-20)22-25-23(29-26-22)16-4-7-19(24)8-5-16;8-6-3-1-5(2-4-6)7(9)10/h4-9,13-15H,2-3,10-12H2,1H3;1-4H/t15-;/m1./s1. The van der Waals surface area contributed by atoms with E-state index >= 15 is 0 Å². The molecule has 1 saturated heterocycles. The van der Waals surface area contributed by atoms with Crippen LogP contribution in [0.1, 0.15) is 35.9 Å². The molecule has 1 aliphatic heterocycles. The Morgan fingerprint density at radius 2 is 1.67 bits per heavy atom. The van der Waals surface area contributed by atoms with E-state index in [2.05, 4.69) is 34.1 Å². The first-order valence-electron chi connectivity index (χ1n) is 12.7.